The van der Waals surface area contributed by atoms with Crippen molar-refractivity contribution in [1.29, 1.82) is 0 Å². The smallest absolute Gasteiger partial charge is 0.326 e. The molecule has 32 heavy (non-hydrogen) atoms. The summed E-state index contributed by atoms with van der Waals surface area (Å²) in [6.07, 6.45) is 4.74. The van der Waals surface area contributed by atoms with Crippen molar-refractivity contribution in [3.63, 3.8) is 0 Å². The van der Waals surface area contributed by atoms with Gasteiger partial charge in [0.05, 0.1) is 6.42 Å². The van der Waals surface area contributed by atoms with E-state index in [-0.39, 0.29) is 18.1 Å². The summed E-state index contributed by atoms with van der Waals surface area (Å²) in [6.45, 7) is 2.33. The Morgan fingerprint density at radius 3 is 2.56 bits per heavy atom. The van der Waals surface area contributed by atoms with Gasteiger partial charge in [-0.15, -0.1) is 0 Å². The van der Waals surface area contributed by atoms with Crippen LogP contribution in [0.2, 0.25) is 0 Å². The number of hydrogen-bond donors (Lipinski definition) is 1. The van der Waals surface area contributed by atoms with Gasteiger partial charge in [0.2, 0.25) is 5.91 Å². The van der Waals surface area contributed by atoms with Gasteiger partial charge in [-0.3, -0.25) is 9.00 Å². The Balaban J connectivity index is 1.71. The summed E-state index contributed by atoms with van der Waals surface area (Å²) in [7, 11) is -1.06. The molecule has 1 amide bonds. The fraction of sp³-hybridized carbons (Fsp3) is 0.280. The van der Waals surface area contributed by atoms with Crippen molar-refractivity contribution in [1.82, 2.24) is 4.90 Å². The highest BCUT2D eigenvalue weighted by molar-refractivity contribution is 7.84. The number of nitrogens with zero attached hydrogens (tertiary/aromatic N) is 1. The molecule has 0 aromatic heterocycles. The van der Waals surface area contributed by atoms with Gasteiger partial charge in [0.25, 0.3) is 0 Å². The first kappa shape index (κ1) is 22.1. The fourth-order valence-electron chi connectivity index (χ4n) is 4.48. The Hall–Kier alpha value is -3.06. The number of carbonyl (C=O) groups is 2. The van der Waals surface area contributed by atoms with Gasteiger partial charge in [-0.1, -0.05) is 18.2 Å². The van der Waals surface area contributed by atoms with Crippen LogP contribution in [-0.2, 0) is 20.4 Å². The quantitative estimate of drug-likeness (QED) is 0.730. The maximum atomic E-state index is 14.1. The van der Waals surface area contributed by atoms with Crippen LogP contribution >= 0.6 is 0 Å². The first-order chi connectivity index (χ1) is 15.3. The molecular formula is C25H24FNO4S. The molecule has 0 unspecified atom stereocenters. The van der Waals surface area contributed by atoms with E-state index in [9.17, 15) is 23.3 Å². The van der Waals surface area contributed by atoms with Crippen LogP contribution in [0.1, 0.15) is 42.9 Å². The number of hydrogen-bond acceptors (Lipinski definition) is 3. The van der Waals surface area contributed by atoms with Gasteiger partial charge in [-0.2, -0.15) is 0 Å². The van der Waals surface area contributed by atoms with E-state index in [0.717, 1.165) is 32.7 Å². The van der Waals surface area contributed by atoms with E-state index in [1.807, 2.05) is 37.3 Å². The van der Waals surface area contributed by atoms with Crippen molar-refractivity contribution in [2.24, 2.45) is 0 Å². The second kappa shape index (κ2) is 8.82. The zero-order valence-electron chi connectivity index (χ0n) is 17.9. The molecule has 2 aromatic rings. The highest BCUT2D eigenvalue weighted by atomic mass is 32.2. The molecule has 1 aliphatic carbocycles. The maximum Gasteiger partial charge on any atom is 0.326 e. The Morgan fingerprint density at radius 2 is 1.91 bits per heavy atom. The molecule has 0 spiro atoms. The monoisotopic (exact) mass is 453 g/mol. The predicted molar refractivity (Wildman–Crippen MR) is 123 cm³/mol. The average molecular weight is 454 g/mol. The Morgan fingerprint density at radius 1 is 1.19 bits per heavy atom. The molecule has 1 heterocycles. The Bertz CT molecular complexity index is 1180. The molecule has 2 atom stereocenters. The van der Waals surface area contributed by atoms with Gasteiger partial charge in [-0.25, -0.2) is 9.18 Å². The van der Waals surface area contributed by atoms with Gasteiger partial charge < -0.3 is 10.0 Å². The summed E-state index contributed by atoms with van der Waals surface area (Å²) in [5.74, 6) is -1.63. The second-order valence-corrected chi connectivity index (χ2v) is 9.51. The van der Waals surface area contributed by atoms with Crippen molar-refractivity contribution in [2.45, 2.75) is 37.1 Å². The van der Waals surface area contributed by atoms with Crippen LogP contribution in [0.25, 0.3) is 17.2 Å². The van der Waals surface area contributed by atoms with Crippen molar-refractivity contribution in [3.05, 3.63) is 70.5 Å². The number of allylic oxidation sites excluding steroid dienone is 2. The van der Waals surface area contributed by atoms with Gasteiger partial charge >= 0.3 is 5.97 Å². The third-order valence-electron chi connectivity index (χ3n) is 6.16. The molecule has 7 heteroatoms. The van der Waals surface area contributed by atoms with E-state index in [2.05, 4.69) is 0 Å². The predicted octanol–water partition coefficient (Wildman–Crippen LogP) is 4.36. The average Bonchev–Trinajstić information content (AvgIpc) is 3.34. The van der Waals surface area contributed by atoms with Crippen LogP contribution in [0.5, 0.6) is 0 Å². The number of halogens is 1. The first-order valence-corrected chi connectivity index (χ1v) is 12.0. The van der Waals surface area contributed by atoms with Crippen molar-refractivity contribution in [3.8, 4) is 0 Å². The third-order valence-corrected chi connectivity index (χ3v) is 7.10. The number of carbonyl (C=O) groups excluding carboxylic acids is 1. The summed E-state index contributed by atoms with van der Waals surface area (Å²) >= 11 is 0. The number of carboxylic acid groups (broad SMARTS) is 1. The lowest BCUT2D eigenvalue weighted by Gasteiger charge is -2.22. The van der Waals surface area contributed by atoms with Crippen LogP contribution in [0.4, 0.5) is 4.39 Å². The highest BCUT2D eigenvalue weighted by Gasteiger charge is 2.35. The fourth-order valence-corrected chi connectivity index (χ4v) is 5.00. The number of aliphatic carboxylic acids is 1. The van der Waals surface area contributed by atoms with Crippen molar-refractivity contribution in [2.75, 3.05) is 12.8 Å². The molecule has 5 nitrogen and oxygen atoms in total. The van der Waals surface area contributed by atoms with Crippen molar-refractivity contribution >= 4 is 39.9 Å². The number of benzene rings is 2. The third kappa shape index (κ3) is 4.17. The Labute approximate surface area is 188 Å². The van der Waals surface area contributed by atoms with E-state index >= 15 is 0 Å². The van der Waals surface area contributed by atoms with Crippen LogP contribution in [0.15, 0.2) is 52.9 Å². The molecule has 4 rings (SSSR count). The van der Waals surface area contributed by atoms with E-state index < -0.39 is 22.8 Å². The molecule has 1 fully saturated rings. The maximum absolute atomic E-state index is 14.1. The topological polar surface area (TPSA) is 74.7 Å². The SMILES string of the molecule is CC1=C(CC(=O)N2CCC[C@H]2C(=O)O)c2cc(F)ccc2/C1=C/c1ccc([S@](C)=O)cc1. The van der Waals surface area contributed by atoms with E-state index in [0.29, 0.717) is 24.9 Å². The first-order valence-electron chi connectivity index (χ1n) is 10.4. The van der Waals surface area contributed by atoms with Gasteiger partial charge in [0, 0.05) is 28.5 Å². The normalized spacial score (nSPS) is 20.0. The van der Waals surface area contributed by atoms with Crippen LogP contribution in [-0.4, -0.2) is 44.9 Å². The molecule has 166 valence electrons. The summed E-state index contributed by atoms with van der Waals surface area (Å²) < 4.78 is 25.7. The molecule has 0 bridgehead atoms. The summed E-state index contributed by atoms with van der Waals surface area (Å²) in [5.41, 5.74) is 4.89. The Kier molecular flexibility index (Phi) is 6.11. The number of amides is 1. The minimum Gasteiger partial charge on any atom is -0.480 e. The van der Waals surface area contributed by atoms with E-state index in [4.69, 9.17) is 0 Å². The molecule has 2 aliphatic rings. The van der Waals surface area contributed by atoms with Crippen LogP contribution in [0.3, 0.4) is 0 Å². The van der Waals surface area contributed by atoms with Gasteiger partial charge in [-0.05, 0) is 83.5 Å². The number of fused-ring (bicyclic) bond motifs is 1. The molecule has 1 N–H and O–H groups in total. The molecular weight excluding hydrogens is 429 g/mol. The summed E-state index contributed by atoms with van der Waals surface area (Å²) in [4.78, 5) is 26.7. The molecule has 0 radical (unpaired) electrons. The van der Waals surface area contributed by atoms with Crippen LogP contribution < -0.4 is 0 Å². The molecule has 0 saturated carbocycles. The van der Waals surface area contributed by atoms with Gasteiger partial charge in [0.15, 0.2) is 0 Å². The zero-order valence-corrected chi connectivity index (χ0v) is 18.7. The summed E-state index contributed by atoms with van der Waals surface area (Å²) in [6, 6.07) is 11.1. The van der Waals surface area contributed by atoms with Gasteiger partial charge in [0.1, 0.15) is 11.9 Å². The minimum atomic E-state index is -1.06. The standard InChI is InChI=1S/C25H24FNO4S/c1-15-20(12-16-5-8-18(9-6-16)32(2)31)19-10-7-17(26)13-22(19)21(15)14-24(28)27-11-3-4-23(27)25(29)30/h5-10,12-13,23H,3-4,11,14H2,1-2H3,(H,29,30)/b20-12+/t23-,32-/m0/s1. The lowest BCUT2D eigenvalue weighted by Crippen LogP contribution is -2.40. The number of carboxylic acids is 1. The largest absolute Gasteiger partial charge is 0.480 e. The summed E-state index contributed by atoms with van der Waals surface area (Å²) in [5, 5.41) is 9.42. The van der Waals surface area contributed by atoms with E-state index in [1.165, 1.54) is 17.0 Å². The number of likely N-dealkylation sites (tertiary alicyclic amines) is 1. The zero-order chi connectivity index (χ0) is 23.0. The minimum absolute atomic E-state index is 0.0250. The lowest BCUT2D eigenvalue weighted by molar-refractivity contribution is -0.147. The van der Waals surface area contributed by atoms with Crippen molar-refractivity contribution < 1.29 is 23.3 Å². The van der Waals surface area contributed by atoms with Crippen LogP contribution in [0, 0.1) is 5.82 Å². The second-order valence-electron chi connectivity index (χ2n) is 8.13. The lowest BCUT2D eigenvalue weighted by atomic mass is 10.0. The highest BCUT2D eigenvalue weighted by Crippen LogP contribution is 2.44. The van der Waals surface area contributed by atoms with E-state index in [1.54, 1.807) is 12.3 Å². The molecule has 2 aromatic carbocycles. The molecule has 1 saturated heterocycles. The number of rotatable bonds is 5. The molecule has 1 aliphatic heterocycles.